The maximum atomic E-state index is 13.2. The van der Waals surface area contributed by atoms with Gasteiger partial charge in [0.1, 0.15) is 23.1 Å². The van der Waals surface area contributed by atoms with Gasteiger partial charge >= 0.3 is 5.91 Å². The van der Waals surface area contributed by atoms with Crippen LogP contribution in [0.25, 0.3) is 11.3 Å². The molecule has 0 saturated heterocycles. The fourth-order valence-corrected chi connectivity index (χ4v) is 2.20. The molecule has 2 aromatic heterocycles. The molecular formula is C17H12FN3O5. The van der Waals surface area contributed by atoms with E-state index in [4.69, 9.17) is 8.83 Å². The van der Waals surface area contributed by atoms with Crippen molar-refractivity contribution in [2.75, 3.05) is 0 Å². The Kier molecular flexibility index (Phi) is 4.61. The Morgan fingerprint density at radius 2 is 2.04 bits per heavy atom. The number of halogens is 1. The van der Waals surface area contributed by atoms with Gasteiger partial charge in [0, 0.05) is 0 Å². The Morgan fingerprint density at radius 1 is 1.23 bits per heavy atom. The van der Waals surface area contributed by atoms with Crippen LogP contribution in [0.1, 0.15) is 22.1 Å². The zero-order chi connectivity index (χ0) is 18.7. The summed E-state index contributed by atoms with van der Waals surface area (Å²) in [7, 11) is 0. The van der Waals surface area contributed by atoms with Crippen molar-refractivity contribution in [3.63, 3.8) is 0 Å². The zero-order valence-electron chi connectivity index (χ0n) is 13.4. The average Bonchev–Trinajstić information content (AvgIpc) is 3.24. The third-order valence-electron chi connectivity index (χ3n) is 3.37. The maximum absolute atomic E-state index is 13.2. The highest BCUT2D eigenvalue weighted by molar-refractivity contribution is 5.92. The number of nitro benzene ring substituents is 1. The summed E-state index contributed by atoms with van der Waals surface area (Å²) in [5.74, 6) is -0.127. The van der Waals surface area contributed by atoms with Gasteiger partial charge < -0.3 is 8.83 Å². The fraction of sp³-hybridized carbons (Fsp3) is 0.0588. The monoisotopic (exact) mass is 357 g/mol. The molecule has 26 heavy (non-hydrogen) atoms. The minimum absolute atomic E-state index is 0.113. The third kappa shape index (κ3) is 3.66. The number of nitro groups is 1. The number of hydrazone groups is 1. The largest absolute Gasteiger partial charge is 0.456 e. The second kappa shape index (κ2) is 7.01. The van der Waals surface area contributed by atoms with Crippen molar-refractivity contribution < 1.29 is 22.9 Å². The summed E-state index contributed by atoms with van der Waals surface area (Å²) in [5.41, 5.74) is 1.98. The fourth-order valence-electron chi connectivity index (χ4n) is 2.20. The Hall–Kier alpha value is -3.75. The van der Waals surface area contributed by atoms with Gasteiger partial charge in [-0.3, -0.25) is 14.9 Å². The molecule has 2 heterocycles. The Bertz CT molecular complexity index is 1010. The first-order valence-corrected chi connectivity index (χ1v) is 7.38. The van der Waals surface area contributed by atoms with Crippen molar-refractivity contribution in [3.8, 4) is 11.3 Å². The minimum atomic E-state index is -0.718. The van der Waals surface area contributed by atoms with E-state index in [-0.39, 0.29) is 22.8 Å². The maximum Gasteiger partial charge on any atom is 0.307 e. The van der Waals surface area contributed by atoms with Crippen LogP contribution in [-0.2, 0) is 0 Å². The van der Waals surface area contributed by atoms with E-state index in [1.165, 1.54) is 30.5 Å². The van der Waals surface area contributed by atoms with Gasteiger partial charge in [0.2, 0.25) is 0 Å². The molecule has 0 saturated carbocycles. The highest BCUT2D eigenvalue weighted by atomic mass is 19.1. The van der Waals surface area contributed by atoms with Gasteiger partial charge in [-0.15, -0.1) is 0 Å². The molecule has 0 bridgehead atoms. The van der Waals surface area contributed by atoms with Gasteiger partial charge in [0.05, 0.1) is 22.8 Å². The van der Waals surface area contributed by atoms with E-state index in [2.05, 4.69) is 10.5 Å². The van der Waals surface area contributed by atoms with Crippen molar-refractivity contribution in [2.45, 2.75) is 6.92 Å². The molecule has 1 aromatic carbocycles. The summed E-state index contributed by atoms with van der Waals surface area (Å²) in [6, 6.07) is 9.33. The van der Waals surface area contributed by atoms with Crippen molar-refractivity contribution in [3.05, 3.63) is 75.7 Å². The number of rotatable bonds is 5. The number of carbonyl (C=O) groups excluding carboxylic acids is 1. The topological polar surface area (TPSA) is 111 Å². The molecule has 1 N–H and O–H groups in total. The van der Waals surface area contributed by atoms with E-state index in [1.54, 1.807) is 13.0 Å². The van der Waals surface area contributed by atoms with E-state index in [0.29, 0.717) is 5.76 Å². The average molecular weight is 357 g/mol. The highest BCUT2D eigenvalue weighted by Crippen LogP contribution is 2.31. The first-order valence-electron chi connectivity index (χ1n) is 7.38. The molecule has 3 aromatic rings. The summed E-state index contributed by atoms with van der Waals surface area (Å²) in [6.07, 6.45) is 1.23. The number of hydrogen-bond acceptors (Lipinski definition) is 6. The number of amides is 1. The summed E-state index contributed by atoms with van der Waals surface area (Å²) in [4.78, 5) is 22.1. The lowest BCUT2D eigenvalue weighted by atomic mass is 10.1. The van der Waals surface area contributed by atoms with Gasteiger partial charge in [-0.1, -0.05) is 0 Å². The SMILES string of the molecule is Cc1ccc(C(=O)N/N=C\c2ccc(-c3ccc(F)cc3[N+](=O)[O-])o2)o1. The second-order valence-electron chi connectivity index (χ2n) is 5.23. The number of nitrogens with zero attached hydrogens (tertiary/aromatic N) is 2. The highest BCUT2D eigenvalue weighted by Gasteiger charge is 2.19. The molecule has 132 valence electrons. The normalized spacial score (nSPS) is 11.0. The number of hydrogen-bond donors (Lipinski definition) is 1. The second-order valence-corrected chi connectivity index (χ2v) is 5.23. The first kappa shape index (κ1) is 17.1. The van der Waals surface area contributed by atoms with Crippen LogP contribution in [0.2, 0.25) is 0 Å². The molecule has 1 amide bonds. The molecule has 0 fully saturated rings. The van der Waals surface area contributed by atoms with Crippen LogP contribution < -0.4 is 5.43 Å². The Morgan fingerprint density at radius 3 is 2.73 bits per heavy atom. The number of carbonyl (C=O) groups is 1. The quantitative estimate of drug-likeness (QED) is 0.425. The van der Waals surface area contributed by atoms with Gasteiger partial charge in [0.15, 0.2) is 5.76 Å². The molecule has 0 aliphatic carbocycles. The van der Waals surface area contributed by atoms with Crippen LogP contribution in [0.15, 0.2) is 56.4 Å². The molecule has 0 aliphatic rings. The lowest BCUT2D eigenvalue weighted by Crippen LogP contribution is -2.16. The molecule has 8 nitrogen and oxygen atoms in total. The first-order chi connectivity index (χ1) is 12.4. The van der Waals surface area contributed by atoms with E-state index in [0.717, 1.165) is 12.1 Å². The van der Waals surface area contributed by atoms with Gasteiger partial charge in [-0.25, -0.2) is 9.82 Å². The van der Waals surface area contributed by atoms with Crippen LogP contribution in [-0.4, -0.2) is 17.0 Å². The smallest absolute Gasteiger partial charge is 0.307 e. The van der Waals surface area contributed by atoms with E-state index >= 15 is 0 Å². The van der Waals surface area contributed by atoms with Crippen LogP contribution in [0.3, 0.4) is 0 Å². The van der Waals surface area contributed by atoms with Gasteiger partial charge in [-0.05, 0) is 43.3 Å². The zero-order valence-corrected chi connectivity index (χ0v) is 13.4. The van der Waals surface area contributed by atoms with Crippen LogP contribution in [0.5, 0.6) is 0 Å². The van der Waals surface area contributed by atoms with Gasteiger partial charge in [0.25, 0.3) is 5.69 Å². The summed E-state index contributed by atoms with van der Waals surface area (Å²) in [5, 5.41) is 14.8. The lowest BCUT2D eigenvalue weighted by molar-refractivity contribution is -0.384. The van der Waals surface area contributed by atoms with E-state index in [1.807, 2.05) is 0 Å². The third-order valence-corrected chi connectivity index (χ3v) is 3.37. The predicted octanol–water partition coefficient (Wildman–Crippen LogP) is 3.66. The summed E-state index contributed by atoms with van der Waals surface area (Å²) in [6.45, 7) is 1.71. The molecule has 0 atom stereocenters. The van der Waals surface area contributed by atoms with E-state index < -0.39 is 22.3 Å². The standard InChI is InChI=1S/C17H12FN3O5/c1-10-2-6-16(25-10)17(22)20-19-9-12-4-7-15(26-12)13-5-3-11(18)8-14(13)21(23)24/h2-9H,1H3,(H,20,22)/b19-9-. The number of aryl methyl sites for hydroxylation is 1. The van der Waals surface area contributed by atoms with Crippen LogP contribution >= 0.6 is 0 Å². The Labute approximate surface area is 146 Å². The molecule has 0 unspecified atom stereocenters. The van der Waals surface area contributed by atoms with Crippen molar-refractivity contribution in [2.24, 2.45) is 5.10 Å². The summed E-state index contributed by atoms with van der Waals surface area (Å²) < 4.78 is 23.8. The van der Waals surface area contributed by atoms with Crippen molar-refractivity contribution >= 4 is 17.8 Å². The lowest BCUT2D eigenvalue weighted by Gasteiger charge is -1.99. The molecule has 0 spiro atoms. The molecule has 0 radical (unpaired) electrons. The number of nitrogens with one attached hydrogen (secondary N) is 1. The predicted molar refractivity (Wildman–Crippen MR) is 89.3 cm³/mol. The van der Waals surface area contributed by atoms with Crippen molar-refractivity contribution in [1.29, 1.82) is 0 Å². The number of furan rings is 2. The molecule has 3 rings (SSSR count). The van der Waals surface area contributed by atoms with Gasteiger partial charge in [-0.2, -0.15) is 5.10 Å². The minimum Gasteiger partial charge on any atom is -0.456 e. The summed E-state index contributed by atoms with van der Waals surface area (Å²) >= 11 is 0. The molecule has 9 heteroatoms. The van der Waals surface area contributed by atoms with E-state index in [9.17, 15) is 19.3 Å². The Balaban J connectivity index is 1.74. The molecular weight excluding hydrogens is 345 g/mol. The van der Waals surface area contributed by atoms with Crippen molar-refractivity contribution in [1.82, 2.24) is 5.43 Å². The van der Waals surface area contributed by atoms with Crippen LogP contribution in [0.4, 0.5) is 10.1 Å². The molecule has 0 aliphatic heterocycles. The van der Waals surface area contributed by atoms with Crippen LogP contribution in [0, 0.1) is 22.9 Å². The number of benzene rings is 1.